The second kappa shape index (κ2) is 4.20. The van der Waals surface area contributed by atoms with E-state index >= 15 is 0 Å². The number of phenolic OH excluding ortho intramolecular Hbond substituents is 1. The molecule has 0 unspecified atom stereocenters. The lowest BCUT2D eigenvalue weighted by molar-refractivity contribution is 0.101. The lowest BCUT2D eigenvalue weighted by atomic mass is 10.1. The van der Waals surface area contributed by atoms with Crippen LogP contribution in [-0.4, -0.2) is 16.2 Å². The lowest BCUT2D eigenvalue weighted by Gasteiger charge is -2.02. The van der Waals surface area contributed by atoms with Crippen molar-refractivity contribution in [2.75, 3.05) is 5.33 Å². The molecule has 0 aliphatic heterocycles. The Morgan fingerprint density at radius 2 is 2.29 bits per heavy atom. The Labute approximate surface area is 87.9 Å². The second-order valence-corrected chi connectivity index (χ2v) is 3.08. The van der Waals surface area contributed by atoms with Crippen LogP contribution in [0.5, 0.6) is 5.75 Å². The van der Waals surface area contributed by atoms with Crippen molar-refractivity contribution in [2.45, 2.75) is 0 Å². The van der Waals surface area contributed by atoms with Gasteiger partial charge in [-0.2, -0.15) is 5.26 Å². The third-order valence-electron chi connectivity index (χ3n) is 1.60. The van der Waals surface area contributed by atoms with Gasteiger partial charge in [0.15, 0.2) is 11.6 Å². The molecule has 0 aliphatic carbocycles. The zero-order valence-corrected chi connectivity index (χ0v) is 8.51. The number of rotatable bonds is 2. The van der Waals surface area contributed by atoms with Gasteiger partial charge >= 0.3 is 0 Å². The summed E-state index contributed by atoms with van der Waals surface area (Å²) >= 11 is 2.88. The molecule has 0 fully saturated rings. The normalized spacial score (nSPS) is 9.50. The highest BCUT2D eigenvalue weighted by Gasteiger charge is 2.15. The molecule has 0 spiro atoms. The van der Waals surface area contributed by atoms with Gasteiger partial charge in [-0.3, -0.25) is 4.79 Å². The second-order valence-electron chi connectivity index (χ2n) is 2.52. The van der Waals surface area contributed by atoms with E-state index in [1.54, 1.807) is 6.07 Å². The summed E-state index contributed by atoms with van der Waals surface area (Å²) in [4.78, 5) is 11.1. The van der Waals surface area contributed by atoms with E-state index in [0.717, 1.165) is 12.1 Å². The molecule has 0 heterocycles. The quantitative estimate of drug-likeness (QED) is 0.651. The predicted octanol–water partition coefficient (Wildman–Crippen LogP) is 1.98. The number of ketones is 1. The van der Waals surface area contributed by atoms with Gasteiger partial charge in [0.25, 0.3) is 0 Å². The fraction of sp³-hybridized carbons (Fsp3) is 0.111. The molecule has 0 saturated heterocycles. The number of halogens is 2. The molecule has 0 radical (unpaired) electrons. The molecule has 0 saturated carbocycles. The Morgan fingerprint density at radius 3 is 2.79 bits per heavy atom. The molecule has 0 aliphatic rings. The fourth-order valence-electron chi connectivity index (χ4n) is 0.965. The first-order valence-electron chi connectivity index (χ1n) is 3.62. The number of hydrogen-bond donors (Lipinski definition) is 1. The summed E-state index contributed by atoms with van der Waals surface area (Å²) in [6.07, 6.45) is 0. The molecule has 0 bridgehead atoms. The maximum atomic E-state index is 13.3. The minimum absolute atomic E-state index is 0.0573. The fourth-order valence-corrected chi connectivity index (χ4v) is 1.27. The molecular formula is C9H5BrFNO2. The predicted molar refractivity (Wildman–Crippen MR) is 50.9 cm³/mol. The zero-order chi connectivity index (χ0) is 10.7. The van der Waals surface area contributed by atoms with E-state index in [4.69, 9.17) is 10.4 Å². The highest BCUT2D eigenvalue weighted by molar-refractivity contribution is 9.09. The Morgan fingerprint density at radius 1 is 1.64 bits per heavy atom. The topological polar surface area (TPSA) is 61.1 Å². The summed E-state index contributed by atoms with van der Waals surface area (Å²) in [7, 11) is 0. The molecule has 72 valence electrons. The van der Waals surface area contributed by atoms with Gasteiger partial charge in [-0.15, -0.1) is 0 Å². The van der Waals surface area contributed by atoms with Gasteiger partial charge in [0, 0.05) is 6.07 Å². The van der Waals surface area contributed by atoms with E-state index in [1.165, 1.54) is 0 Å². The summed E-state index contributed by atoms with van der Waals surface area (Å²) in [6, 6.07) is 3.53. The molecule has 1 rings (SSSR count). The van der Waals surface area contributed by atoms with Crippen LogP contribution in [0.4, 0.5) is 4.39 Å². The minimum Gasteiger partial charge on any atom is -0.508 e. The van der Waals surface area contributed by atoms with Crippen molar-refractivity contribution in [3.63, 3.8) is 0 Å². The molecule has 1 aromatic carbocycles. The molecular weight excluding hydrogens is 253 g/mol. The van der Waals surface area contributed by atoms with Gasteiger partial charge < -0.3 is 5.11 Å². The van der Waals surface area contributed by atoms with Gasteiger partial charge in [0.2, 0.25) is 0 Å². The Hall–Kier alpha value is -1.41. The van der Waals surface area contributed by atoms with E-state index in [1.807, 2.05) is 0 Å². The summed E-state index contributed by atoms with van der Waals surface area (Å²) < 4.78 is 13.3. The molecule has 1 aromatic rings. The van der Waals surface area contributed by atoms with E-state index < -0.39 is 11.6 Å². The first kappa shape index (κ1) is 10.7. The number of hydrogen-bond acceptors (Lipinski definition) is 3. The maximum absolute atomic E-state index is 13.3. The Kier molecular flexibility index (Phi) is 3.20. The highest BCUT2D eigenvalue weighted by Crippen LogP contribution is 2.20. The van der Waals surface area contributed by atoms with Crippen LogP contribution in [0.2, 0.25) is 0 Å². The summed E-state index contributed by atoms with van der Waals surface area (Å²) in [6.45, 7) is 0. The van der Waals surface area contributed by atoms with Crippen LogP contribution in [0.15, 0.2) is 12.1 Å². The van der Waals surface area contributed by atoms with E-state index in [0.29, 0.717) is 0 Å². The van der Waals surface area contributed by atoms with Crippen LogP contribution >= 0.6 is 15.9 Å². The monoisotopic (exact) mass is 257 g/mol. The van der Waals surface area contributed by atoms with E-state index in [9.17, 15) is 9.18 Å². The smallest absolute Gasteiger partial charge is 0.176 e. The van der Waals surface area contributed by atoms with Crippen molar-refractivity contribution in [3.05, 3.63) is 29.1 Å². The number of carbonyl (C=O) groups excluding carboxylic acids is 1. The number of Topliss-reactive ketones (excluding diaryl/α,β-unsaturated/α-hetero) is 1. The molecule has 0 atom stereocenters. The molecule has 0 amide bonds. The van der Waals surface area contributed by atoms with Crippen molar-refractivity contribution in [1.82, 2.24) is 0 Å². The van der Waals surface area contributed by atoms with E-state index in [2.05, 4.69) is 15.9 Å². The van der Waals surface area contributed by atoms with Crippen molar-refractivity contribution in [2.24, 2.45) is 0 Å². The molecule has 0 aromatic heterocycles. The molecule has 3 nitrogen and oxygen atoms in total. The van der Waals surface area contributed by atoms with Crippen LogP contribution < -0.4 is 0 Å². The SMILES string of the molecule is N#Cc1cc(O)cc(C(=O)CBr)c1F. The van der Waals surface area contributed by atoms with Crippen molar-refractivity contribution in [3.8, 4) is 11.8 Å². The summed E-state index contributed by atoms with van der Waals surface area (Å²) in [5.74, 6) is -1.71. The number of benzene rings is 1. The van der Waals surface area contributed by atoms with Gasteiger partial charge in [0.05, 0.1) is 16.5 Å². The average molecular weight is 258 g/mol. The third kappa shape index (κ3) is 1.91. The van der Waals surface area contributed by atoms with Crippen LogP contribution in [0.3, 0.4) is 0 Å². The number of carbonyl (C=O) groups is 1. The molecule has 5 heteroatoms. The lowest BCUT2D eigenvalue weighted by Crippen LogP contribution is -2.04. The van der Waals surface area contributed by atoms with Crippen molar-refractivity contribution in [1.29, 1.82) is 5.26 Å². The van der Waals surface area contributed by atoms with Crippen LogP contribution in [0.1, 0.15) is 15.9 Å². The first-order valence-corrected chi connectivity index (χ1v) is 4.74. The van der Waals surface area contributed by atoms with Gasteiger partial charge in [0.1, 0.15) is 11.8 Å². The standard InChI is InChI=1S/C9H5BrFNO2/c10-3-8(14)7-2-6(13)1-5(4-12)9(7)11/h1-2,13H,3H2. The van der Waals surface area contributed by atoms with Gasteiger partial charge in [-0.1, -0.05) is 15.9 Å². The number of aromatic hydroxyl groups is 1. The average Bonchev–Trinajstić information content (AvgIpc) is 2.19. The van der Waals surface area contributed by atoms with Crippen LogP contribution in [-0.2, 0) is 0 Å². The number of phenols is 1. The van der Waals surface area contributed by atoms with Crippen molar-refractivity contribution < 1.29 is 14.3 Å². The van der Waals surface area contributed by atoms with E-state index in [-0.39, 0.29) is 22.2 Å². The minimum atomic E-state index is -0.894. The Balaban J connectivity index is 3.38. The van der Waals surface area contributed by atoms with Gasteiger partial charge in [-0.25, -0.2) is 4.39 Å². The van der Waals surface area contributed by atoms with Crippen molar-refractivity contribution >= 4 is 21.7 Å². The number of nitrogens with zero attached hydrogens (tertiary/aromatic N) is 1. The number of nitriles is 1. The largest absolute Gasteiger partial charge is 0.508 e. The molecule has 14 heavy (non-hydrogen) atoms. The summed E-state index contributed by atoms with van der Waals surface area (Å²) in [5.41, 5.74) is -0.618. The maximum Gasteiger partial charge on any atom is 0.176 e. The van der Waals surface area contributed by atoms with Gasteiger partial charge in [-0.05, 0) is 6.07 Å². The highest BCUT2D eigenvalue weighted by atomic mass is 79.9. The first-order chi connectivity index (χ1) is 6.60. The third-order valence-corrected chi connectivity index (χ3v) is 2.11. The zero-order valence-electron chi connectivity index (χ0n) is 6.92. The molecule has 1 N–H and O–H groups in total. The summed E-state index contributed by atoms with van der Waals surface area (Å²) in [5, 5.41) is 17.5. The number of alkyl halides is 1. The Bertz CT molecular complexity index is 426. The van der Waals surface area contributed by atoms with Crippen LogP contribution in [0.25, 0.3) is 0 Å². The van der Waals surface area contributed by atoms with Crippen LogP contribution in [0, 0.1) is 17.1 Å².